The highest BCUT2D eigenvalue weighted by Crippen LogP contribution is 2.39. The molecule has 2 atom stereocenters. The summed E-state index contributed by atoms with van der Waals surface area (Å²) in [5.74, 6) is -0.299. The number of rotatable bonds is 4. The maximum Gasteiger partial charge on any atom is 0.339 e. The molecule has 2 N–H and O–H groups in total. The second kappa shape index (κ2) is 4.57. The van der Waals surface area contributed by atoms with Crippen molar-refractivity contribution in [2.24, 2.45) is 5.92 Å². The van der Waals surface area contributed by atoms with Crippen LogP contribution in [0.15, 0.2) is 18.5 Å². The van der Waals surface area contributed by atoms with Crippen LogP contribution >= 0.6 is 0 Å². The SMILES string of the molecule is O=C(O)c1cnccc1NC1CCOC1C1CC1. The molecule has 1 saturated heterocycles. The second-order valence-electron chi connectivity index (χ2n) is 4.94. The molecule has 1 saturated carbocycles. The number of anilines is 1. The lowest BCUT2D eigenvalue weighted by Crippen LogP contribution is -2.31. The van der Waals surface area contributed by atoms with Gasteiger partial charge in [0, 0.05) is 19.0 Å². The van der Waals surface area contributed by atoms with Crippen LogP contribution in [0.2, 0.25) is 0 Å². The molecule has 0 bridgehead atoms. The van der Waals surface area contributed by atoms with Crippen LogP contribution in [0.3, 0.4) is 0 Å². The van der Waals surface area contributed by atoms with Gasteiger partial charge in [0.2, 0.25) is 0 Å². The molecule has 2 aliphatic rings. The number of carbonyl (C=O) groups is 1. The number of hydrogen-bond donors (Lipinski definition) is 2. The van der Waals surface area contributed by atoms with E-state index in [2.05, 4.69) is 10.3 Å². The van der Waals surface area contributed by atoms with E-state index in [1.807, 2.05) is 0 Å². The minimum atomic E-state index is -0.951. The Bertz CT molecular complexity index is 459. The molecule has 2 heterocycles. The number of nitrogens with zero attached hydrogens (tertiary/aromatic N) is 1. The first-order chi connectivity index (χ1) is 8.75. The number of pyridine rings is 1. The Balaban J connectivity index is 1.77. The van der Waals surface area contributed by atoms with E-state index in [1.54, 1.807) is 12.3 Å². The number of aromatic carboxylic acids is 1. The summed E-state index contributed by atoms with van der Waals surface area (Å²) >= 11 is 0. The highest BCUT2D eigenvalue weighted by Gasteiger charge is 2.40. The number of carboxylic acids is 1. The van der Waals surface area contributed by atoms with Crippen LogP contribution in [0.1, 0.15) is 29.6 Å². The van der Waals surface area contributed by atoms with Gasteiger partial charge in [-0.1, -0.05) is 0 Å². The number of nitrogens with one attached hydrogen (secondary N) is 1. The number of ether oxygens (including phenoxy) is 1. The molecule has 1 aromatic heterocycles. The van der Waals surface area contributed by atoms with Crippen molar-refractivity contribution in [3.05, 3.63) is 24.0 Å². The van der Waals surface area contributed by atoms with E-state index < -0.39 is 5.97 Å². The fourth-order valence-corrected chi connectivity index (χ4v) is 2.55. The molecule has 2 unspecified atom stereocenters. The molecule has 5 nitrogen and oxygen atoms in total. The van der Waals surface area contributed by atoms with Crippen molar-refractivity contribution in [3.63, 3.8) is 0 Å². The van der Waals surface area contributed by atoms with Crippen molar-refractivity contribution >= 4 is 11.7 Å². The standard InChI is InChI=1S/C13H16N2O3/c16-13(17)9-7-14-5-3-10(9)15-11-4-6-18-12(11)8-1-2-8/h3,5,7-8,11-12H,1-2,4,6H2,(H,14,15)(H,16,17). The molecule has 0 aromatic carbocycles. The highest BCUT2D eigenvalue weighted by molar-refractivity contribution is 5.93. The first kappa shape index (κ1) is 11.5. The number of hydrogen-bond acceptors (Lipinski definition) is 4. The van der Waals surface area contributed by atoms with E-state index in [0.29, 0.717) is 11.6 Å². The Hall–Kier alpha value is -1.62. The molecule has 1 aliphatic carbocycles. The van der Waals surface area contributed by atoms with E-state index in [-0.39, 0.29) is 17.7 Å². The highest BCUT2D eigenvalue weighted by atomic mass is 16.5. The van der Waals surface area contributed by atoms with Gasteiger partial charge in [0.15, 0.2) is 0 Å². The Morgan fingerprint density at radius 2 is 2.28 bits per heavy atom. The predicted octanol–water partition coefficient (Wildman–Crippen LogP) is 1.76. The quantitative estimate of drug-likeness (QED) is 0.849. The summed E-state index contributed by atoms with van der Waals surface area (Å²) in [5.41, 5.74) is 0.859. The summed E-state index contributed by atoms with van der Waals surface area (Å²) < 4.78 is 5.74. The van der Waals surface area contributed by atoms with Gasteiger partial charge < -0.3 is 15.2 Å². The van der Waals surface area contributed by atoms with Crippen molar-refractivity contribution < 1.29 is 14.6 Å². The summed E-state index contributed by atoms with van der Waals surface area (Å²) in [5, 5.41) is 12.4. The van der Waals surface area contributed by atoms with Crippen molar-refractivity contribution in [1.29, 1.82) is 0 Å². The van der Waals surface area contributed by atoms with E-state index in [1.165, 1.54) is 19.0 Å². The van der Waals surface area contributed by atoms with Crippen LogP contribution in [-0.4, -0.2) is 34.8 Å². The van der Waals surface area contributed by atoms with Gasteiger partial charge in [-0.3, -0.25) is 4.98 Å². The summed E-state index contributed by atoms with van der Waals surface area (Å²) in [4.78, 5) is 15.0. The van der Waals surface area contributed by atoms with Crippen LogP contribution in [0.25, 0.3) is 0 Å². The molecule has 5 heteroatoms. The molecular formula is C13H16N2O3. The van der Waals surface area contributed by atoms with E-state index in [0.717, 1.165) is 13.0 Å². The summed E-state index contributed by atoms with van der Waals surface area (Å²) in [6.45, 7) is 0.756. The largest absolute Gasteiger partial charge is 0.478 e. The van der Waals surface area contributed by atoms with Gasteiger partial charge in [-0.2, -0.15) is 0 Å². The average molecular weight is 248 g/mol. The Labute approximate surface area is 105 Å². The first-order valence-electron chi connectivity index (χ1n) is 6.31. The van der Waals surface area contributed by atoms with Gasteiger partial charge in [0.05, 0.1) is 17.8 Å². The third kappa shape index (κ3) is 2.18. The van der Waals surface area contributed by atoms with E-state index in [9.17, 15) is 4.79 Å². The zero-order valence-electron chi connectivity index (χ0n) is 10.0. The van der Waals surface area contributed by atoms with Gasteiger partial charge in [-0.05, 0) is 31.2 Å². The van der Waals surface area contributed by atoms with E-state index >= 15 is 0 Å². The number of carboxylic acid groups (broad SMARTS) is 1. The maximum atomic E-state index is 11.1. The predicted molar refractivity (Wildman–Crippen MR) is 65.7 cm³/mol. The smallest absolute Gasteiger partial charge is 0.339 e. The van der Waals surface area contributed by atoms with Gasteiger partial charge in [-0.25, -0.2) is 4.79 Å². The van der Waals surface area contributed by atoms with Crippen molar-refractivity contribution in [2.45, 2.75) is 31.4 Å². The van der Waals surface area contributed by atoms with Crippen LogP contribution < -0.4 is 5.32 Å². The van der Waals surface area contributed by atoms with E-state index in [4.69, 9.17) is 9.84 Å². The fourth-order valence-electron chi connectivity index (χ4n) is 2.55. The molecule has 2 fully saturated rings. The van der Waals surface area contributed by atoms with Gasteiger partial charge in [-0.15, -0.1) is 0 Å². The topological polar surface area (TPSA) is 71.5 Å². The average Bonchev–Trinajstić information content (AvgIpc) is 3.11. The third-order valence-electron chi connectivity index (χ3n) is 3.61. The molecule has 1 aromatic rings. The first-order valence-corrected chi connectivity index (χ1v) is 6.31. The summed E-state index contributed by atoms with van der Waals surface area (Å²) in [6, 6.07) is 1.93. The van der Waals surface area contributed by atoms with Crippen LogP contribution in [0.5, 0.6) is 0 Å². The zero-order valence-corrected chi connectivity index (χ0v) is 10.0. The van der Waals surface area contributed by atoms with Crippen molar-refractivity contribution in [3.8, 4) is 0 Å². The Kier molecular flexibility index (Phi) is 2.91. The Morgan fingerprint density at radius 3 is 3.00 bits per heavy atom. The number of aromatic nitrogens is 1. The normalized spacial score (nSPS) is 27.1. The summed E-state index contributed by atoms with van der Waals surface area (Å²) in [7, 11) is 0. The Morgan fingerprint density at radius 1 is 1.44 bits per heavy atom. The molecule has 3 rings (SSSR count). The molecule has 0 spiro atoms. The van der Waals surface area contributed by atoms with Crippen LogP contribution in [-0.2, 0) is 4.74 Å². The molecule has 0 radical (unpaired) electrons. The van der Waals surface area contributed by atoms with Gasteiger partial charge >= 0.3 is 5.97 Å². The van der Waals surface area contributed by atoms with Gasteiger partial charge in [0.1, 0.15) is 5.56 Å². The van der Waals surface area contributed by atoms with Crippen molar-refractivity contribution in [1.82, 2.24) is 4.98 Å². The van der Waals surface area contributed by atoms with Crippen LogP contribution in [0.4, 0.5) is 5.69 Å². The minimum Gasteiger partial charge on any atom is -0.478 e. The lowest BCUT2D eigenvalue weighted by molar-refractivity contribution is 0.0696. The molecule has 1 aliphatic heterocycles. The van der Waals surface area contributed by atoms with Gasteiger partial charge in [0.25, 0.3) is 0 Å². The lowest BCUT2D eigenvalue weighted by Gasteiger charge is -2.21. The molecular weight excluding hydrogens is 232 g/mol. The molecule has 96 valence electrons. The minimum absolute atomic E-state index is 0.220. The third-order valence-corrected chi connectivity index (χ3v) is 3.61. The monoisotopic (exact) mass is 248 g/mol. The van der Waals surface area contributed by atoms with Crippen LogP contribution in [0, 0.1) is 5.92 Å². The molecule has 18 heavy (non-hydrogen) atoms. The maximum absolute atomic E-state index is 11.1. The lowest BCUT2D eigenvalue weighted by atomic mass is 10.1. The molecule has 0 amide bonds. The van der Waals surface area contributed by atoms with Crippen molar-refractivity contribution in [2.75, 3.05) is 11.9 Å². The fraction of sp³-hybridized carbons (Fsp3) is 0.538. The summed E-state index contributed by atoms with van der Waals surface area (Å²) in [6.07, 6.45) is 6.61. The zero-order chi connectivity index (χ0) is 12.5. The second-order valence-corrected chi connectivity index (χ2v) is 4.94.